The van der Waals surface area contributed by atoms with Crippen LogP contribution in [0, 0.1) is 13.8 Å². The van der Waals surface area contributed by atoms with E-state index in [-0.39, 0.29) is 22.8 Å². The highest BCUT2D eigenvalue weighted by Gasteiger charge is 2.34. The van der Waals surface area contributed by atoms with Crippen LogP contribution in [0.15, 0.2) is 23.1 Å². The summed E-state index contributed by atoms with van der Waals surface area (Å²) in [5.41, 5.74) is 4.41. The molecule has 2 saturated heterocycles. The predicted molar refractivity (Wildman–Crippen MR) is 136 cm³/mol. The molecule has 1 atom stereocenters. The van der Waals surface area contributed by atoms with Crippen LogP contribution in [0.1, 0.15) is 58.6 Å². The number of amides is 2. The largest absolute Gasteiger partial charge is 0.358 e. The molecule has 8 nitrogen and oxygen atoms in total. The molecular weight excluding hydrogens is 464 g/mol. The van der Waals surface area contributed by atoms with Crippen molar-refractivity contribution in [3.05, 3.63) is 46.3 Å². The molecule has 1 aromatic heterocycles. The minimum atomic E-state index is -3.41. The number of nitrogens with zero attached hydrogens (tertiary/aromatic N) is 2. The molecule has 2 aromatic rings. The molecule has 3 aliphatic heterocycles. The summed E-state index contributed by atoms with van der Waals surface area (Å²) in [5, 5.41) is 2.80. The van der Waals surface area contributed by atoms with Gasteiger partial charge in [-0.2, -0.15) is 0 Å². The van der Waals surface area contributed by atoms with E-state index in [0.717, 1.165) is 56.5 Å². The molecule has 0 saturated carbocycles. The molecule has 5 rings (SSSR count). The van der Waals surface area contributed by atoms with E-state index in [1.165, 1.54) is 25.0 Å². The van der Waals surface area contributed by atoms with Gasteiger partial charge in [0.15, 0.2) is 9.84 Å². The lowest BCUT2D eigenvalue weighted by Crippen LogP contribution is -2.42. The fraction of sp³-hybridized carbons (Fsp3) is 0.462. The fourth-order valence-corrected chi connectivity index (χ4v) is 6.27. The number of hydrogen-bond acceptors (Lipinski definition) is 5. The Balaban J connectivity index is 1.46. The second kappa shape index (κ2) is 8.95. The number of benzene rings is 1. The average Bonchev–Trinajstić information content (AvgIpc) is 3.57. The van der Waals surface area contributed by atoms with Gasteiger partial charge in [-0.05, 0) is 82.5 Å². The van der Waals surface area contributed by atoms with Gasteiger partial charge in [-0.3, -0.25) is 9.59 Å². The summed E-state index contributed by atoms with van der Waals surface area (Å²) in [4.78, 5) is 34.3. The van der Waals surface area contributed by atoms with Gasteiger partial charge in [-0.1, -0.05) is 0 Å². The van der Waals surface area contributed by atoms with Crippen LogP contribution in [0.4, 0.5) is 5.69 Å². The van der Waals surface area contributed by atoms with Crippen LogP contribution in [0.3, 0.4) is 0 Å². The fourth-order valence-electron chi connectivity index (χ4n) is 5.62. The Kier molecular flexibility index (Phi) is 6.09. The number of H-pyrrole nitrogens is 1. The highest BCUT2D eigenvalue weighted by Crippen LogP contribution is 2.36. The Morgan fingerprint density at radius 1 is 1.14 bits per heavy atom. The summed E-state index contributed by atoms with van der Waals surface area (Å²) in [6, 6.07) is 4.86. The summed E-state index contributed by atoms with van der Waals surface area (Å²) < 4.78 is 24.1. The van der Waals surface area contributed by atoms with Gasteiger partial charge in [-0.15, -0.1) is 0 Å². The summed E-state index contributed by atoms with van der Waals surface area (Å²) in [6.07, 6.45) is 7.38. The third-order valence-electron chi connectivity index (χ3n) is 7.49. The lowest BCUT2D eigenvalue weighted by molar-refractivity contribution is -0.110. The highest BCUT2D eigenvalue weighted by molar-refractivity contribution is 7.90. The van der Waals surface area contributed by atoms with E-state index in [4.69, 9.17) is 0 Å². The van der Waals surface area contributed by atoms with Crippen LogP contribution in [0.5, 0.6) is 0 Å². The van der Waals surface area contributed by atoms with Crippen LogP contribution < -0.4 is 5.32 Å². The average molecular weight is 497 g/mol. The highest BCUT2D eigenvalue weighted by atomic mass is 32.2. The minimum absolute atomic E-state index is 0.0400. The van der Waals surface area contributed by atoms with Crippen molar-refractivity contribution < 1.29 is 18.0 Å². The Hall–Kier alpha value is -2.91. The number of carbonyl (C=O) groups excluding carboxylic acids is 2. The molecule has 0 spiro atoms. The number of aromatic nitrogens is 1. The van der Waals surface area contributed by atoms with Crippen LogP contribution in [0.2, 0.25) is 0 Å². The third kappa shape index (κ3) is 4.43. The van der Waals surface area contributed by atoms with Crippen molar-refractivity contribution in [3.63, 3.8) is 0 Å². The van der Waals surface area contributed by atoms with Crippen LogP contribution >= 0.6 is 0 Å². The molecule has 0 radical (unpaired) electrons. The summed E-state index contributed by atoms with van der Waals surface area (Å²) >= 11 is 0. The first kappa shape index (κ1) is 23.8. The number of anilines is 1. The molecule has 186 valence electrons. The Morgan fingerprint density at radius 2 is 1.89 bits per heavy atom. The van der Waals surface area contributed by atoms with Crippen molar-refractivity contribution in [1.82, 2.24) is 14.8 Å². The van der Waals surface area contributed by atoms with Crippen LogP contribution in [-0.4, -0.2) is 73.5 Å². The first-order chi connectivity index (χ1) is 16.6. The minimum Gasteiger partial charge on any atom is -0.358 e. The SMILES string of the molecule is Cc1[nH]c(/C=C2\C(=O)Nc3ccc(S(C)(=O)=O)cc32)c(C)c1C(=O)N1CCC[C@H]1CN1CCCC1. The van der Waals surface area contributed by atoms with Gasteiger partial charge >= 0.3 is 0 Å². The molecule has 0 unspecified atom stereocenters. The van der Waals surface area contributed by atoms with Crippen molar-refractivity contribution in [2.24, 2.45) is 0 Å². The lowest BCUT2D eigenvalue weighted by Gasteiger charge is -2.28. The number of aromatic amines is 1. The molecule has 9 heteroatoms. The van der Waals surface area contributed by atoms with E-state index in [1.807, 2.05) is 18.7 Å². The quantitative estimate of drug-likeness (QED) is 0.619. The van der Waals surface area contributed by atoms with Crippen molar-refractivity contribution >= 4 is 39.0 Å². The molecule has 35 heavy (non-hydrogen) atoms. The molecule has 4 heterocycles. The molecule has 0 aliphatic carbocycles. The maximum Gasteiger partial charge on any atom is 0.256 e. The zero-order valence-electron chi connectivity index (χ0n) is 20.5. The predicted octanol–water partition coefficient (Wildman–Crippen LogP) is 3.23. The number of rotatable bonds is 5. The molecular formula is C26H32N4O4S. The van der Waals surface area contributed by atoms with E-state index >= 15 is 0 Å². The molecule has 2 N–H and O–H groups in total. The Morgan fingerprint density at radius 3 is 2.60 bits per heavy atom. The standard InChI is InChI=1S/C26H32N4O4S/c1-16-23(14-21-20-13-19(35(3,33)34)8-9-22(20)28-25(21)31)27-17(2)24(16)26(32)30-12-6-7-18(30)15-29-10-4-5-11-29/h8-9,13-14,18,27H,4-7,10-12,15H2,1-3H3,(H,28,31)/b21-14-/t18-/m0/s1. The topological polar surface area (TPSA) is 103 Å². The monoisotopic (exact) mass is 496 g/mol. The van der Waals surface area contributed by atoms with E-state index in [9.17, 15) is 18.0 Å². The van der Waals surface area contributed by atoms with Gasteiger partial charge in [0.2, 0.25) is 0 Å². The number of nitrogens with one attached hydrogen (secondary N) is 2. The van der Waals surface area contributed by atoms with Crippen LogP contribution in [-0.2, 0) is 14.6 Å². The zero-order chi connectivity index (χ0) is 24.9. The third-order valence-corrected chi connectivity index (χ3v) is 8.60. The van der Waals surface area contributed by atoms with Gasteiger partial charge < -0.3 is 20.1 Å². The maximum atomic E-state index is 13.7. The number of likely N-dealkylation sites (tertiary alicyclic amines) is 2. The van der Waals surface area contributed by atoms with E-state index in [1.54, 1.807) is 12.1 Å². The van der Waals surface area contributed by atoms with E-state index < -0.39 is 9.84 Å². The van der Waals surface area contributed by atoms with Crippen molar-refractivity contribution in [2.75, 3.05) is 37.8 Å². The van der Waals surface area contributed by atoms with E-state index in [0.29, 0.717) is 28.1 Å². The van der Waals surface area contributed by atoms with Gasteiger partial charge in [0.1, 0.15) is 0 Å². The molecule has 1 aromatic carbocycles. The summed E-state index contributed by atoms with van der Waals surface area (Å²) in [5.74, 6) is -0.256. The van der Waals surface area contributed by atoms with Gasteiger partial charge in [0.05, 0.1) is 16.0 Å². The van der Waals surface area contributed by atoms with Crippen molar-refractivity contribution in [1.29, 1.82) is 0 Å². The molecule has 2 fully saturated rings. The number of fused-ring (bicyclic) bond motifs is 1. The summed E-state index contributed by atoms with van der Waals surface area (Å²) in [7, 11) is -3.41. The molecule has 2 amide bonds. The van der Waals surface area contributed by atoms with Gasteiger partial charge in [0.25, 0.3) is 11.8 Å². The first-order valence-electron chi connectivity index (χ1n) is 12.2. The normalized spacial score (nSPS) is 21.7. The summed E-state index contributed by atoms with van der Waals surface area (Å²) in [6.45, 7) is 7.71. The maximum absolute atomic E-state index is 13.7. The van der Waals surface area contributed by atoms with Crippen molar-refractivity contribution in [3.8, 4) is 0 Å². The molecule has 0 bridgehead atoms. The van der Waals surface area contributed by atoms with Crippen LogP contribution in [0.25, 0.3) is 11.6 Å². The van der Waals surface area contributed by atoms with Gasteiger partial charge in [-0.25, -0.2) is 8.42 Å². The zero-order valence-corrected chi connectivity index (χ0v) is 21.3. The second-order valence-corrected chi connectivity index (χ2v) is 12.0. The molecule has 3 aliphatic rings. The number of carbonyl (C=O) groups is 2. The number of aryl methyl sites for hydroxylation is 1. The van der Waals surface area contributed by atoms with Gasteiger partial charge in [0, 0.05) is 48.0 Å². The first-order valence-corrected chi connectivity index (χ1v) is 14.1. The Labute approximate surface area is 206 Å². The lowest BCUT2D eigenvalue weighted by atomic mass is 10.0. The number of sulfone groups is 1. The Bertz CT molecular complexity index is 1340. The van der Waals surface area contributed by atoms with E-state index in [2.05, 4.69) is 15.2 Å². The smallest absolute Gasteiger partial charge is 0.256 e. The van der Waals surface area contributed by atoms with Crippen molar-refractivity contribution in [2.45, 2.75) is 50.5 Å². The number of hydrogen-bond donors (Lipinski definition) is 2. The second-order valence-electron chi connectivity index (χ2n) is 9.96.